The molecule has 1 aromatic carbocycles. The number of carbonyl (C=O) groups excluding carboxylic acids is 1. The lowest BCUT2D eigenvalue weighted by Gasteiger charge is -2.62. The van der Waals surface area contributed by atoms with Crippen molar-refractivity contribution in [2.24, 2.45) is 23.5 Å². The standard InChI is InChI=1S/C22H29F3N2O3S/c1-20(2,13-19(26)28)27(21-10-14-7-15(11-21)9-16(8-14)12-21)31(29,30)18-5-3-17(4-6-18)22(23,24)25/h3-6,14-16H,7-13H2,1-2H3,(H2,26,28). The Hall–Kier alpha value is -1.61. The van der Waals surface area contributed by atoms with Crippen LogP contribution in [0.1, 0.15) is 64.4 Å². The fourth-order valence-electron chi connectivity index (χ4n) is 6.96. The highest BCUT2D eigenvalue weighted by molar-refractivity contribution is 7.89. The molecule has 4 saturated carbocycles. The maximum absolute atomic E-state index is 13.9. The van der Waals surface area contributed by atoms with E-state index >= 15 is 0 Å². The summed E-state index contributed by atoms with van der Waals surface area (Å²) in [5.74, 6) is 0.727. The van der Waals surface area contributed by atoms with Crippen LogP contribution in [0.4, 0.5) is 13.2 Å². The molecule has 0 heterocycles. The van der Waals surface area contributed by atoms with E-state index in [1.54, 1.807) is 13.8 Å². The highest BCUT2D eigenvalue weighted by atomic mass is 32.2. The third-order valence-electron chi connectivity index (χ3n) is 7.31. The first-order valence-electron chi connectivity index (χ1n) is 10.7. The van der Waals surface area contributed by atoms with E-state index in [4.69, 9.17) is 5.73 Å². The van der Waals surface area contributed by atoms with Crippen molar-refractivity contribution in [1.82, 2.24) is 4.31 Å². The number of hydrogen-bond donors (Lipinski definition) is 1. The lowest BCUT2D eigenvalue weighted by atomic mass is 9.52. The first kappa shape index (κ1) is 22.6. The van der Waals surface area contributed by atoms with Gasteiger partial charge in [0.15, 0.2) is 0 Å². The van der Waals surface area contributed by atoms with E-state index in [2.05, 4.69) is 0 Å². The largest absolute Gasteiger partial charge is 0.416 e. The first-order valence-corrected chi connectivity index (χ1v) is 12.2. The van der Waals surface area contributed by atoms with Crippen LogP contribution in [0.25, 0.3) is 0 Å². The van der Waals surface area contributed by atoms with Crippen molar-refractivity contribution in [3.8, 4) is 0 Å². The molecule has 5 nitrogen and oxygen atoms in total. The number of alkyl halides is 3. The van der Waals surface area contributed by atoms with E-state index in [1.165, 1.54) is 4.31 Å². The van der Waals surface area contributed by atoms with E-state index in [9.17, 15) is 26.4 Å². The van der Waals surface area contributed by atoms with Gasteiger partial charge in [0.2, 0.25) is 15.9 Å². The third kappa shape index (κ3) is 3.99. The summed E-state index contributed by atoms with van der Waals surface area (Å²) in [6, 6.07) is 3.63. The topological polar surface area (TPSA) is 80.5 Å². The lowest BCUT2D eigenvalue weighted by molar-refractivity contribution is -0.137. The molecule has 31 heavy (non-hydrogen) atoms. The van der Waals surface area contributed by atoms with Crippen molar-refractivity contribution < 1.29 is 26.4 Å². The van der Waals surface area contributed by atoms with Crippen LogP contribution < -0.4 is 5.73 Å². The smallest absolute Gasteiger partial charge is 0.370 e. The molecule has 0 spiro atoms. The number of halogens is 3. The Morgan fingerprint density at radius 1 is 1.03 bits per heavy atom. The quantitative estimate of drug-likeness (QED) is 0.690. The van der Waals surface area contributed by atoms with Crippen molar-refractivity contribution in [3.63, 3.8) is 0 Å². The number of primary amides is 1. The summed E-state index contributed by atoms with van der Waals surface area (Å²) in [4.78, 5) is 11.7. The molecule has 0 saturated heterocycles. The molecule has 2 N–H and O–H groups in total. The number of nitrogens with two attached hydrogens (primary N) is 1. The van der Waals surface area contributed by atoms with Gasteiger partial charge in [-0.25, -0.2) is 8.42 Å². The SMILES string of the molecule is CC(C)(CC(N)=O)N(C12CC3CC(CC(C3)C1)C2)S(=O)(=O)c1ccc(C(F)(F)F)cc1. The predicted octanol–water partition coefficient (Wildman–Crippen LogP) is 4.32. The number of amides is 1. The molecular weight excluding hydrogens is 429 g/mol. The molecule has 9 heteroatoms. The molecule has 0 aliphatic heterocycles. The predicted molar refractivity (Wildman–Crippen MR) is 109 cm³/mol. The minimum absolute atomic E-state index is 0.158. The molecular formula is C22H29F3N2O3S. The average molecular weight is 459 g/mol. The van der Waals surface area contributed by atoms with Gasteiger partial charge in [0.1, 0.15) is 0 Å². The van der Waals surface area contributed by atoms with Gasteiger partial charge in [-0.05, 0) is 94.4 Å². The monoisotopic (exact) mass is 458 g/mol. The highest BCUT2D eigenvalue weighted by Gasteiger charge is 2.59. The van der Waals surface area contributed by atoms with Gasteiger partial charge in [0.25, 0.3) is 0 Å². The Kier molecular flexibility index (Phi) is 5.24. The van der Waals surface area contributed by atoms with Crippen LogP contribution in [0.2, 0.25) is 0 Å². The molecule has 4 fully saturated rings. The second-order valence-electron chi connectivity index (χ2n) is 10.4. The van der Waals surface area contributed by atoms with Crippen LogP contribution >= 0.6 is 0 Å². The number of hydrogen-bond acceptors (Lipinski definition) is 3. The van der Waals surface area contributed by atoms with Crippen molar-refractivity contribution in [2.45, 2.75) is 80.9 Å². The van der Waals surface area contributed by atoms with Gasteiger partial charge in [-0.15, -0.1) is 0 Å². The van der Waals surface area contributed by atoms with Crippen molar-refractivity contribution in [2.75, 3.05) is 0 Å². The number of nitrogens with zero attached hydrogens (tertiary/aromatic N) is 1. The Labute approximate surface area is 181 Å². The number of benzene rings is 1. The molecule has 1 amide bonds. The Morgan fingerprint density at radius 3 is 1.87 bits per heavy atom. The third-order valence-corrected chi connectivity index (χ3v) is 9.54. The zero-order valence-electron chi connectivity index (χ0n) is 17.8. The van der Waals surface area contributed by atoms with E-state index in [0.717, 1.165) is 62.8 Å². The molecule has 4 aliphatic carbocycles. The Bertz CT molecular complexity index is 935. The number of rotatable bonds is 6. The summed E-state index contributed by atoms with van der Waals surface area (Å²) in [5, 5.41) is 0. The van der Waals surface area contributed by atoms with Gasteiger partial charge in [-0.2, -0.15) is 17.5 Å². The molecule has 0 radical (unpaired) electrons. The summed E-state index contributed by atoms with van der Waals surface area (Å²) in [5.41, 5.74) is 2.85. The average Bonchev–Trinajstić information content (AvgIpc) is 2.57. The van der Waals surface area contributed by atoms with Gasteiger partial charge < -0.3 is 5.73 Å². The fourth-order valence-corrected chi connectivity index (χ4v) is 9.10. The maximum Gasteiger partial charge on any atom is 0.416 e. The lowest BCUT2D eigenvalue weighted by Crippen LogP contribution is -2.67. The normalized spacial score (nSPS) is 30.7. The van der Waals surface area contributed by atoms with E-state index in [1.807, 2.05) is 0 Å². The van der Waals surface area contributed by atoms with Gasteiger partial charge in [0.05, 0.1) is 10.5 Å². The molecule has 172 valence electrons. The minimum Gasteiger partial charge on any atom is -0.370 e. The summed E-state index contributed by atoms with van der Waals surface area (Å²) in [7, 11) is -4.17. The summed E-state index contributed by atoms with van der Waals surface area (Å²) in [6.07, 6.45) is 0.766. The van der Waals surface area contributed by atoms with E-state index in [0.29, 0.717) is 17.8 Å². The number of carbonyl (C=O) groups is 1. The fraction of sp³-hybridized carbons (Fsp3) is 0.682. The van der Waals surface area contributed by atoms with Crippen LogP contribution in [-0.2, 0) is 21.0 Å². The first-order chi connectivity index (χ1) is 14.2. The maximum atomic E-state index is 13.9. The Morgan fingerprint density at radius 2 is 1.48 bits per heavy atom. The van der Waals surface area contributed by atoms with Gasteiger partial charge in [-0.3, -0.25) is 4.79 Å². The molecule has 4 bridgehead atoms. The van der Waals surface area contributed by atoms with E-state index < -0.39 is 38.7 Å². The van der Waals surface area contributed by atoms with Gasteiger partial charge in [0, 0.05) is 17.5 Å². The second kappa shape index (κ2) is 7.20. The van der Waals surface area contributed by atoms with Crippen LogP contribution in [0.3, 0.4) is 0 Å². The summed E-state index contributed by atoms with van der Waals surface area (Å²) < 4.78 is 68.3. The molecule has 0 unspecified atom stereocenters. The highest BCUT2D eigenvalue weighted by Crippen LogP contribution is 2.60. The zero-order valence-corrected chi connectivity index (χ0v) is 18.6. The van der Waals surface area contributed by atoms with Crippen molar-refractivity contribution in [3.05, 3.63) is 29.8 Å². The molecule has 0 atom stereocenters. The summed E-state index contributed by atoms with van der Waals surface area (Å²) in [6.45, 7) is 3.38. The Balaban J connectivity index is 1.80. The van der Waals surface area contributed by atoms with Crippen LogP contribution in [0, 0.1) is 17.8 Å². The van der Waals surface area contributed by atoms with Crippen molar-refractivity contribution >= 4 is 15.9 Å². The second-order valence-corrected chi connectivity index (χ2v) is 12.2. The van der Waals surface area contributed by atoms with Crippen LogP contribution in [-0.4, -0.2) is 29.7 Å². The molecule has 5 rings (SSSR count). The summed E-state index contributed by atoms with van der Waals surface area (Å²) >= 11 is 0. The number of sulfonamides is 1. The minimum atomic E-state index is -4.55. The van der Waals surface area contributed by atoms with Crippen molar-refractivity contribution in [1.29, 1.82) is 0 Å². The van der Waals surface area contributed by atoms with Crippen LogP contribution in [0.5, 0.6) is 0 Å². The molecule has 1 aromatic rings. The van der Waals surface area contributed by atoms with Crippen LogP contribution in [0.15, 0.2) is 29.2 Å². The molecule has 0 aromatic heterocycles. The zero-order chi connectivity index (χ0) is 22.8. The van der Waals surface area contributed by atoms with E-state index in [-0.39, 0.29) is 11.3 Å². The van der Waals surface area contributed by atoms with Gasteiger partial charge >= 0.3 is 6.18 Å². The molecule has 4 aliphatic rings. The van der Waals surface area contributed by atoms with Gasteiger partial charge in [-0.1, -0.05) is 0 Å².